The first-order valence-electron chi connectivity index (χ1n) is 5.64. The second-order valence-electron chi connectivity index (χ2n) is 3.73. The SMILES string of the molecule is CCN(CCCO)c1nc2sccn2c1[N+](=O)[O-]. The summed E-state index contributed by atoms with van der Waals surface area (Å²) in [6.45, 7) is 3.14. The smallest absolute Gasteiger partial charge is 0.373 e. The summed E-state index contributed by atoms with van der Waals surface area (Å²) in [5.41, 5.74) is 0. The van der Waals surface area contributed by atoms with Gasteiger partial charge in [-0.25, -0.2) is 0 Å². The molecule has 0 aliphatic heterocycles. The Morgan fingerprint density at radius 3 is 3.06 bits per heavy atom. The maximum atomic E-state index is 11.2. The van der Waals surface area contributed by atoms with E-state index < -0.39 is 4.92 Å². The Morgan fingerprint density at radius 1 is 1.67 bits per heavy atom. The van der Waals surface area contributed by atoms with Crippen LogP contribution in [0, 0.1) is 10.1 Å². The summed E-state index contributed by atoms with van der Waals surface area (Å²) in [6.07, 6.45) is 2.21. The normalized spacial score (nSPS) is 11.0. The van der Waals surface area contributed by atoms with Gasteiger partial charge in [0.25, 0.3) is 4.96 Å². The van der Waals surface area contributed by atoms with Crippen molar-refractivity contribution in [1.29, 1.82) is 0 Å². The number of nitrogens with zero attached hydrogens (tertiary/aromatic N) is 4. The van der Waals surface area contributed by atoms with Gasteiger partial charge < -0.3 is 20.1 Å². The molecule has 98 valence electrons. The minimum atomic E-state index is -0.413. The third-order valence-electron chi connectivity index (χ3n) is 2.66. The van der Waals surface area contributed by atoms with E-state index in [1.54, 1.807) is 11.6 Å². The average molecular weight is 270 g/mol. The number of rotatable bonds is 6. The Hall–Kier alpha value is -1.67. The Kier molecular flexibility index (Phi) is 3.78. The molecular weight excluding hydrogens is 256 g/mol. The minimum Gasteiger partial charge on any atom is -0.396 e. The highest BCUT2D eigenvalue weighted by Gasteiger charge is 2.26. The summed E-state index contributed by atoms with van der Waals surface area (Å²) in [7, 11) is 0. The van der Waals surface area contributed by atoms with Crippen LogP contribution in [0.3, 0.4) is 0 Å². The Balaban J connectivity index is 2.44. The van der Waals surface area contributed by atoms with Gasteiger partial charge in [-0.15, -0.1) is 0 Å². The number of anilines is 1. The molecule has 7 nitrogen and oxygen atoms in total. The number of imidazole rings is 1. The molecular formula is C10H14N4O3S. The second-order valence-corrected chi connectivity index (χ2v) is 4.60. The largest absolute Gasteiger partial charge is 0.396 e. The fourth-order valence-electron chi connectivity index (χ4n) is 1.82. The molecule has 0 radical (unpaired) electrons. The van der Waals surface area contributed by atoms with Crippen LogP contribution in [0.5, 0.6) is 0 Å². The van der Waals surface area contributed by atoms with Crippen LogP contribution < -0.4 is 4.90 Å². The number of aliphatic hydroxyl groups excluding tert-OH is 1. The van der Waals surface area contributed by atoms with Crippen LogP contribution in [0.4, 0.5) is 11.6 Å². The molecule has 0 saturated carbocycles. The lowest BCUT2D eigenvalue weighted by Crippen LogP contribution is -2.25. The first-order chi connectivity index (χ1) is 8.69. The number of nitro groups is 1. The number of thiazole rings is 1. The van der Waals surface area contributed by atoms with Crippen molar-refractivity contribution in [3.8, 4) is 0 Å². The van der Waals surface area contributed by atoms with Crippen LogP contribution in [-0.4, -0.2) is 39.1 Å². The fourth-order valence-corrected chi connectivity index (χ4v) is 2.52. The molecule has 0 saturated heterocycles. The molecule has 2 aromatic rings. The highest BCUT2D eigenvalue weighted by Crippen LogP contribution is 2.30. The van der Waals surface area contributed by atoms with Crippen LogP contribution >= 0.6 is 11.3 Å². The molecule has 8 heteroatoms. The van der Waals surface area contributed by atoms with Gasteiger partial charge in [-0.05, 0) is 18.3 Å². The first kappa shape index (κ1) is 12.8. The van der Waals surface area contributed by atoms with Gasteiger partial charge in [0.15, 0.2) is 0 Å². The average Bonchev–Trinajstić information content (AvgIpc) is 2.89. The number of aliphatic hydroxyl groups is 1. The monoisotopic (exact) mass is 270 g/mol. The number of hydrogen-bond acceptors (Lipinski definition) is 6. The topological polar surface area (TPSA) is 83.9 Å². The van der Waals surface area contributed by atoms with Crippen molar-refractivity contribution in [1.82, 2.24) is 9.38 Å². The molecule has 0 fully saturated rings. The van der Waals surface area contributed by atoms with Crippen LogP contribution in [0.15, 0.2) is 11.6 Å². The zero-order chi connectivity index (χ0) is 13.1. The van der Waals surface area contributed by atoms with E-state index in [0.29, 0.717) is 30.3 Å². The Bertz CT molecular complexity index is 550. The van der Waals surface area contributed by atoms with Gasteiger partial charge in [0.2, 0.25) is 5.82 Å². The van der Waals surface area contributed by atoms with E-state index in [1.165, 1.54) is 15.7 Å². The molecule has 2 aromatic heterocycles. The van der Waals surface area contributed by atoms with Crippen molar-refractivity contribution >= 4 is 27.9 Å². The lowest BCUT2D eigenvalue weighted by atomic mass is 10.4. The highest BCUT2D eigenvalue weighted by molar-refractivity contribution is 7.15. The van der Waals surface area contributed by atoms with Gasteiger partial charge in [-0.3, -0.25) is 0 Å². The van der Waals surface area contributed by atoms with E-state index in [-0.39, 0.29) is 12.4 Å². The minimum absolute atomic E-state index is 0.00830. The van der Waals surface area contributed by atoms with Gasteiger partial charge in [0, 0.05) is 25.1 Å². The molecule has 2 rings (SSSR count). The van der Waals surface area contributed by atoms with Crippen molar-refractivity contribution < 1.29 is 10.0 Å². The third-order valence-corrected chi connectivity index (χ3v) is 3.42. The van der Waals surface area contributed by atoms with Gasteiger partial charge >= 0.3 is 5.82 Å². The standard InChI is InChI=1S/C10H14N4O3S/c1-2-12(4-3-6-15)8-9(14(16)17)13-5-7-18-10(13)11-8/h5,7,15H,2-4,6H2,1H3. The number of fused-ring (bicyclic) bond motifs is 1. The summed E-state index contributed by atoms with van der Waals surface area (Å²) < 4.78 is 1.49. The van der Waals surface area contributed by atoms with Crippen molar-refractivity contribution in [2.45, 2.75) is 13.3 Å². The predicted molar refractivity (Wildman–Crippen MR) is 69.3 cm³/mol. The summed E-state index contributed by atoms with van der Waals surface area (Å²) in [4.78, 5) is 17.5. The van der Waals surface area contributed by atoms with Crippen LogP contribution in [-0.2, 0) is 0 Å². The quantitative estimate of drug-likeness (QED) is 0.635. The molecule has 0 spiro atoms. The molecule has 0 atom stereocenters. The van der Waals surface area contributed by atoms with E-state index in [1.807, 2.05) is 11.8 Å². The molecule has 1 N–H and O–H groups in total. The second kappa shape index (κ2) is 5.32. The molecule has 2 heterocycles. The van der Waals surface area contributed by atoms with Crippen molar-refractivity contribution in [2.24, 2.45) is 0 Å². The maximum absolute atomic E-state index is 11.2. The van der Waals surface area contributed by atoms with Crippen molar-refractivity contribution in [3.05, 3.63) is 21.7 Å². The van der Waals surface area contributed by atoms with E-state index in [2.05, 4.69) is 4.98 Å². The molecule has 0 unspecified atom stereocenters. The number of aromatic nitrogens is 2. The zero-order valence-electron chi connectivity index (χ0n) is 9.94. The Labute approximate surface area is 107 Å². The Morgan fingerprint density at radius 2 is 2.44 bits per heavy atom. The zero-order valence-corrected chi connectivity index (χ0v) is 10.8. The van der Waals surface area contributed by atoms with Crippen molar-refractivity contribution in [2.75, 3.05) is 24.6 Å². The van der Waals surface area contributed by atoms with E-state index in [4.69, 9.17) is 5.11 Å². The molecule has 0 amide bonds. The molecule has 0 bridgehead atoms. The fraction of sp³-hybridized carbons (Fsp3) is 0.500. The van der Waals surface area contributed by atoms with Gasteiger partial charge in [0.05, 0.1) is 0 Å². The highest BCUT2D eigenvalue weighted by atomic mass is 32.1. The van der Waals surface area contributed by atoms with Gasteiger partial charge in [0.1, 0.15) is 6.20 Å². The molecule has 0 aliphatic carbocycles. The molecule has 18 heavy (non-hydrogen) atoms. The maximum Gasteiger partial charge on any atom is 0.373 e. The first-order valence-corrected chi connectivity index (χ1v) is 6.52. The van der Waals surface area contributed by atoms with Crippen LogP contribution in [0.25, 0.3) is 4.96 Å². The predicted octanol–water partition coefficient (Wildman–Crippen LogP) is 1.51. The van der Waals surface area contributed by atoms with E-state index in [9.17, 15) is 10.1 Å². The van der Waals surface area contributed by atoms with Crippen LogP contribution in [0.2, 0.25) is 0 Å². The van der Waals surface area contributed by atoms with Gasteiger partial charge in [-0.1, -0.05) is 11.3 Å². The summed E-state index contributed by atoms with van der Waals surface area (Å²) in [5.74, 6) is 0.369. The number of hydrogen-bond donors (Lipinski definition) is 1. The van der Waals surface area contributed by atoms with Crippen LogP contribution in [0.1, 0.15) is 13.3 Å². The molecule has 0 aromatic carbocycles. The third kappa shape index (κ3) is 2.16. The van der Waals surface area contributed by atoms with Gasteiger partial charge in [-0.2, -0.15) is 9.38 Å². The van der Waals surface area contributed by atoms with E-state index >= 15 is 0 Å². The molecule has 0 aliphatic rings. The summed E-state index contributed by atoms with van der Waals surface area (Å²) in [5, 5.41) is 21.8. The van der Waals surface area contributed by atoms with Crippen molar-refractivity contribution in [3.63, 3.8) is 0 Å². The lowest BCUT2D eigenvalue weighted by Gasteiger charge is -2.18. The lowest BCUT2D eigenvalue weighted by molar-refractivity contribution is -0.389. The summed E-state index contributed by atoms with van der Waals surface area (Å²) >= 11 is 1.36. The summed E-state index contributed by atoms with van der Waals surface area (Å²) in [6, 6.07) is 0. The van der Waals surface area contributed by atoms with E-state index in [0.717, 1.165) is 0 Å².